The van der Waals surface area contributed by atoms with E-state index in [1.165, 1.54) is 19.4 Å². The smallest absolute Gasteiger partial charge is 0.323 e. The largest absolute Gasteiger partial charge is 0.480 e. The van der Waals surface area contributed by atoms with Gasteiger partial charge >= 0.3 is 5.97 Å². The van der Waals surface area contributed by atoms with Crippen molar-refractivity contribution < 1.29 is 9.90 Å². The van der Waals surface area contributed by atoms with Gasteiger partial charge in [0.1, 0.15) is 5.54 Å². The standard InChI is InChI=1S/C16H32N2O2/c1-5-17-16(4,15(19)20)10-6-7-11-18-12-8-9-13(2)14(18)3/h13-14,17H,5-12H2,1-4H3,(H,19,20). The summed E-state index contributed by atoms with van der Waals surface area (Å²) in [5.41, 5.74) is -0.768. The number of likely N-dealkylation sites (tertiary alicyclic amines) is 1. The normalized spacial score (nSPS) is 27.2. The van der Waals surface area contributed by atoms with Crippen molar-refractivity contribution in [1.29, 1.82) is 0 Å². The number of nitrogens with one attached hydrogen (secondary N) is 1. The number of likely N-dealkylation sites (N-methyl/N-ethyl adjacent to an activating group) is 1. The molecule has 0 aromatic rings. The summed E-state index contributed by atoms with van der Waals surface area (Å²) in [6.07, 6.45) is 5.40. The number of hydrogen-bond donors (Lipinski definition) is 2. The lowest BCUT2D eigenvalue weighted by Gasteiger charge is -2.38. The van der Waals surface area contributed by atoms with Crippen molar-refractivity contribution in [3.63, 3.8) is 0 Å². The number of nitrogens with zero attached hydrogens (tertiary/aromatic N) is 1. The molecule has 1 heterocycles. The predicted molar refractivity (Wildman–Crippen MR) is 83.0 cm³/mol. The van der Waals surface area contributed by atoms with Crippen molar-refractivity contribution in [1.82, 2.24) is 10.2 Å². The molecule has 0 radical (unpaired) electrons. The fourth-order valence-electron chi connectivity index (χ4n) is 3.19. The Morgan fingerprint density at radius 1 is 1.40 bits per heavy atom. The van der Waals surface area contributed by atoms with Crippen molar-refractivity contribution in [3.8, 4) is 0 Å². The van der Waals surface area contributed by atoms with Gasteiger partial charge in [0.25, 0.3) is 0 Å². The van der Waals surface area contributed by atoms with Crippen molar-refractivity contribution >= 4 is 5.97 Å². The first-order valence-electron chi connectivity index (χ1n) is 8.13. The van der Waals surface area contributed by atoms with Gasteiger partial charge < -0.3 is 15.3 Å². The Morgan fingerprint density at radius 2 is 2.10 bits per heavy atom. The van der Waals surface area contributed by atoms with Gasteiger partial charge in [-0.2, -0.15) is 0 Å². The molecule has 3 atom stereocenters. The molecular weight excluding hydrogens is 252 g/mol. The van der Waals surface area contributed by atoms with Gasteiger partial charge in [0.2, 0.25) is 0 Å². The van der Waals surface area contributed by atoms with Crippen LogP contribution in [0.25, 0.3) is 0 Å². The first-order valence-corrected chi connectivity index (χ1v) is 8.13. The summed E-state index contributed by atoms with van der Waals surface area (Å²) >= 11 is 0. The average Bonchev–Trinajstić information content (AvgIpc) is 2.39. The number of piperidine rings is 1. The van der Waals surface area contributed by atoms with Crippen LogP contribution in [0.5, 0.6) is 0 Å². The van der Waals surface area contributed by atoms with Gasteiger partial charge in [-0.15, -0.1) is 0 Å². The number of carboxylic acid groups (broad SMARTS) is 1. The van der Waals surface area contributed by atoms with E-state index in [4.69, 9.17) is 0 Å². The molecule has 1 rings (SSSR count). The number of carboxylic acids is 1. The number of rotatable bonds is 8. The zero-order chi connectivity index (χ0) is 15.2. The number of carbonyl (C=O) groups is 1. The van der Waals surface area contributed by atoms with Crippen molar-refractivity contribution in [2.75, 3.05) is 19.6 Å². The Labute approximate surface area is 123 Å². The van der Waals surface area contributed by atoms with Crippen LogP contribution < -0.4 is 5.32 Å². The van der Waals surface area contributed by atoms with E-state index in [1.807, 2.05) is 6.92 Å². The van der Waals surface area contributed by atoms with Crippen LogP contribution in [-0.2, 0) is 4.79 Å². The van der Waals surface area contributed by atoms with E-state index in [1.54, 1.807) is 6.92 Å². The summed E-state index contributed by atoms with van der Waals surface area (Å²) in [6, 6.07) is 0.670. The summed E-state index contributed by atoms with van der Waals surface area (Å²) in [7, 11) is 0. The molecule has 0 aromatic carbocycles. The second-order valence-corrected chi connectivity index (χ2v) is 6.52. The highest BCUT2D eigenvalue weighted by molar-refractivity contribution is 5.78. The van der Waals surface area contributed by atoms with Crippen LogP contribution in [0.3, 0.4) is 0 Å². The highest BCUT2D eigenvalue weighted by atomic mass is 16.4. The molecule has 0 spiro atoms. The van der Waals surface area contributed by atoms with Gasteiger partial charge in [-0.05, 0) is 71.5 Å². The van der Waals surface area contributed by atoms with Gasteiger partial charge in [-0.1, -0.05) is 13.8 Å². The van der Waals surface area contributed by atoms with Crippen molar-refractivity contribution in [2.24, 2.45) is 5.92 Å². The summed E-state index contributed by atoms with van der Waals surface area (Å²) in [5, 5.41) is 12.4. The summed E-state index contributed by atoms with van der Waals surface area (Å²) < 4.78 is 0. The van der Waals surface area contributed by atoms with Crippen LogP contribution in [-0.4, -0.2) is 47.2 Å². The highest BCUT2D eigenvalue weighted by Crippen LogP contribution is 2.23. The first kappa shape index (κ1) is 17.4. The van der Waals surface area contributed by atoms with E-state index in [2.05, 4.69) is 24.1 Å². The number of aliphatic carboxylic acids is 1. The third-order valence-corrected chi connectivity index (χ3v) is 4.92. The topological polar surface area (TPSA) is 52.6 Å². The fourth-order valence-corrected chi connectivity index (χ4v) is 3.19. The molecule has 1 fully saturated rings. The average molecular weight is 284 g/mol. The van der Waals surface area contributed by atoms with Crippen LogP contribution in [0.1, 0.15) is 59.8 Å². The van der Waals surface area contributed by atoms with Crippen molar-refractivity contribution in [3.05, 3.63) is 0 Å². The van der Waals surface area contributed by atoms with Crippen LogP contribution >= 0.6 is 0 Å². The first-order chi connectivity index (χ1) is 9.40. The van der Waals surface area contributed by atoms with Gasteiger partial charge in [-0.25, -0.2) is 0 Å². The third-order valence-electron chi connectivity index (χ3n) is 4.92. The maximum atomic E-state index is 11.3. The minimum atomic E-state index is -0.768. The minimum absolute atomic E-state index is 0.670. The fraction of sp³-hybridized carbons (Fsp3) is 0.938. The van der Waals surface area contributed by atoms with Crippen LogP contribution in [0.15, 0.2) is 0 Å². The minimum Gasteiger partial charge on any atom is -0.480 e. The summed E-state index contributed by atoms with van der Waals surface area (Å²) in [5.74, 6) is 0.0501. The number of hydrogen-bond acceptors (Lipinski definition) is 3. The third kappa shape index (κ3) is 4.74. The van der Waals surface area contributed by atoms with Crippen LogP contribution in [0.2, 0.25) is 0 Å². The molecule has 0 aromatic heterocycles. The molecule has 0 aliphatic carbocycles. The number of unbranched alkanes of at least 4 members (excludes halogenated alkanes) is 1. The van der Waals surface area contributed by atoms with E-state index in [0.717, 1.165) is 25.3 Å². The SMILES string of the molecule is CCNC(C)(CCCCN1CCCC(C)C1C)C(=O)O. The molecule has 4 nitrogen and oxygen atoms in total. The zero-order valence-corrected chi connectivity index (χ0v) is 13.6. The second-order valence-electron chi connectivity index (χ2n) is 6.52. The van der Waals surface area contributed by atoms with E-state index in [9.17, 15) is 9.90 Å². The van der Waals surface area contributed by atoms with Gasteiger partial charge in [0.15, 0.2) is 0 Å². The molecule has 2 N–H and O–H groups in total. The molecule has 3 unspecified atom stereocenters. The lowest BCUT2D eigenvalue weighted by Crippen LogP contribution is -2.49. The summed E-state index contributed by atoms with van der Waals surface area (Å²) in [4.78, 5) is 13.9. The maximum Gasteiger partial charge on any atom is 0.323 e. The van der Waals surface area contributed by atoms with E-state index in [0.29, 0.717) is 19.0 Å². The molecule has 1 saturated heterocycles. The molecule has 0 amide bonds. The Morgan fingerprint density at radius 3 is 2.70 bits per heavy atom. The lowest BCUT2D eigenvalue weighted by molar-refractivity contribution is -0.144. The zero-order valence-electron chi connectivity index (χ0n) is 13.6. The van der Waals surface area contributed by atoms with Gasteiger partial charge in [0, 0.05) is 6.04 Å². The highest BCUT2D eigenvalue weighted by Gasteiger charge is 2.31. The molecule has 0 bridgehead atoms. The van der Waals surface area contributed by atoms with Gasteiger partial charge in [0.05, 0.1) is 0 Å². The maximum absolute atomic E-state index is 11.3. The van der Waals surface area contributed by atoms with Crippen molar-refractivity contribution in [2.45, 2.75) is 71.4 Å². The molecule has 1 aliphatic rings. The predicted octanol–water partition coefficient (Wildman–Crippen LogP) is 2.73. The molecule has 4 heteroatoms. The molecular formula is C16H32N2O2. The molecule has 20 heavy (non-hydrogen) atoms. The molecule has 0 saturated carbocycles. The van der Waals surface area contributed by atoms with Crippen LogP contribution in [0.4, 0.5) is 0 Å². The Kier molecular flexibility index (Phi) is 6.96. The molecule has 118 valence electrons. The molecule has 1 aliphatic heterocycles. The van der Waals surface area contributed by atoms with Gasteiger partial charge in [-0.3, -0.25) is 4.79 Å². The Hall–Kier alpha value is -0.610. The van der Waals surface area contributed by atoms with E-state index >= 15 is 0 Å². The Balaban J connectivity index is 2.31. The van der Waals surface area contributed by atoms with E-state index < -0.39 is 11.5 Å². The summed E-state index contributed by atoms with van der Waals surface area (Å²) in [6.45, 7) is 11.4. The Bertz CT molecular complexity index is 309. The van der Waals surface area contributed by atoms with Crippen LogP contribution in [0, 0.1) is 5.92 Å². The lowest BCUT2D eigenvalue weighted by atomic mass is 9.91. The monoisotopic (exact) mass is 284 g/mol. The van der Waals surface area contributed by atoms with E-state index in [-0.39, 0.29) is 0 Å². The quantitative estimate of drug-likeness (QED) is 0.673. The second kappa shape index (κ2) is 7.99.